The second kappa shape index (κ2) is 6.87. The highest BCUT2D eigenvalue weighted by atomic mass is 19.4. The molecule has 1 heterocycles. The van der Waals surface area contributed by atoms with Crippen molar-refractivity contribution in [1.82, 2.24) is 0 Å². The number of alkyl halides is 3. The molecule has 2 aliphatic rings. The van der Waals surface area contributed by atoms with Crippen molar-refractivity contribution in [2.24, 2.45) is 5.92 Å². The van der Waals surface area contributed by atoms with E-state index in [0.717, 1.165) is 50.9 Å². The number of halogens is 3. The zero-order chi connectivity index (χ0) is 17.2. The van der Waals surface area contributed by atoms with Crippen LogP contribution in [0.25, 0.3) is 0 Å². The minimum Gasteiger partial charge on any atom is -0.370 e. The molecule has 0 bridgehead atoms. The van der Waals surface area contributed by atoms with E-state index in [1.165, 1.54) is 6.07 Å². The molecule has 1 saturated heterocycles. The van der Waals surface area contributed by atoms with Crippen LogP contribution in [0.4, 0.5) is 24.5 Å². The van der Waals surface area contributed by atoms with Crippen LogP contribution in [0.1, 0.15) is 37.7 Å². The molecule has 130 valence electrons. The van der Waals surface area contributed by atoms with E-state index in [0.29, 0.717) is 12.1 Å². The van der Waals surface area contributed by atoms with Crippen LogP contribution in [0.15, 0.2) is 30.4 Å². The first-order valence-corrected chi connectivity index (χ1v) is 8.36. The number of hydrogen-bond donors (Lipinski definition) is 1. The van der Waals surface area contributed by atoms with Gasteiger partial charge in [0.1, 0.15) is 0 Å². The standard InChI is InChI=1S/C18H21F3N2O/c19-18(20,21)14-7-8-16(23-9-3-4-10-23)15(12-14)22-17(24)11-13-5-1-2-6-13/h1,5,7-8,12-13H,2-4,6,9-11H2,(H,22,24)/t13-/m0/s1. The van der Waals surface area contributed by atoms with E-state index < -0.39 is 11.7 Å². The molecule has 1 amide bonds. The smallest absolute Gasteiger partial charge is 0.370 e. The Labute approximate surface area is 139 Å². The maximum atomic E-state index is 13.0. The highest BCUT2D eigenvalue weighted by molar-refractivity contribution is 5.95. The average molecular weight is 338 g/mol. The third-order valence-corrected chi connectivity index (χ3v) is 4.60. The van der Waals surface area contributed by atoms with Crippen molar-refractivity contribution in [3.63, 3.8) is 0 Å². The van der Waals surface area contributed by atoms with E-state index in [9.17, 15) is 18.0 Å². The Morgan fingerprint density at radius 3 is 2.62 bits per heavy atom. The summed E-state index contributed by atoms with van der Waals surface area (Å²) in [6, 6.07) is 3.61. The van der Waals surface area contributed by atoms with Crippen LogP contribution in [-0.4, -0.2) is 19.0 Å². The number of hydrogen-bond acceptors (Lipinski definition) is 2. The predicted octanol–water partition coefficient (Wildman–Crippen LogP) is 4.60. The Bertz CT molecular complexity index is 634. The van der Waals surface area contributed by atoms with Crippen LogP contribution in [0.5, 0.6) is 0 Å². The second-order valence-electron chi connectivity index (χ2n) is 6.44. The molecule has 1 aliphatic carbocycles. The topological polar surface area (TPSA) is 32.3 Å². The molecule has 0 unspecified atom stereocenters. The van der Waals surface area contributed by atoms with E-state index in [2.05, 4.69) is 5.32 Å². The number of anilines is 2. The molecule has 1 fully saturated rings. The molecular formula is C18H21F3N2O. The molecule has 0 radical (unpaired) electrons. The van der Waals surface area contributed by atoms with Gasteiger partial charge in [-0.1, -0.05) is 12.2 Å². The first kappa shape index (κ1) is 16.9. The average Bonchev–Trinajstić information content (AvgIpc) is 3.19. The third-order valence-electron chi connectivity index (χ3n) is 4.60. The van der Waals surface area contributed by atoms with Gasteiger partial charge in [-0.05, 0) is 49.8 Å². The number of nitrogens with one attached hydrogen (secondary N) is 1. The molecule has 1 N–H and O–H groups in total. The maximum absolute atomic E-state index is 13.0. The number of allylic oxidation sites excluding steroid dienone is 2. The number of carbonyl (C=O) groups is 1. The Morgan fingerprint density at radius 2 is 2.00 bits per heavy atom. The number of rotatable bonds is 4. The summed E-state index contributed by atoms with van der Waals surface area (Å²) in [5.74, 6) is -0.0441. The van der Waals surface area contributed by atoms with Gasteiger partial charge >= 0.3 is 6.18 Å². The van der Waals surface area contributed by atoms with E-state index >= 15 is 0 Å². The van der Waals surface area contributed by atoms with Crippen molar-refractivity contribution in [3.05, 3.63) is 35.9 Å². The first-order chi connectivity index (χ1) is 11.4. The molecule has 1 aromatic rings. The number of benzene rings is 1. The van der Waals surface area contributed by atoms with Gasteiger partial charge in [0.2, 0.25) is 5.91 Å². The summed E-state index contributed by atoms with van der Waals surface area (Å²) in [5, 5.41) is 2.71. The fourth-order valence-electron chi connectivity index (χ4n) is 3.35. The van der Waals surface area contributed by atoms with Crippen molar-refractivity contribution in [2.75, 3.05) is 23.3 Å². The predicted molar refractivity (Wildman–Crippen MR) is 88.0 cm³/mol. The lowest BCUT2D eigenvalue weighted by molar-refractivity contribution is -0.137. The molecular weight excluding hydrogens is 317 g/mol. The van der Waals surface area contributed by atoms with E-state index in [1.54, 1.807) is 0 Å². The van der Waals surface area contributed by atoms with Gasteiger partial charge in [-0.2, -0.15) is 13.2 Å². The van der Waals surface area contributed by atoms with Gasteiger partial charge < -0.3 is 10.2 Å². The van der Waals surface area contributed by atoms with Crippen LogP contribution < -0.4 is 10.2 Å². The van der Waals surface area contributed by atoms with Gasteiger partial charge in [0, 0.05) is 19.5 Å². The fourth-order valence-corrected chi connectivity index (χ4v) is 3.35. The van der Waals surface area contributed by atoms with E-state index in [1.807, 2.05) is 17.1 Å². The Hall–Kier alpha value is -1.98. The Balaban J connectivity index is 1.81. The zero-order valence-electron chi connectivity index (χ0n) is 13.4. The SMILES string of the molecule is O=C(C[C@H]1C=CCC1)Nc1cc(C(F)(F)F)ccc1N1CCCC1. The molecule has 6 heteroatoms. The van der Waals surface area contributed by atoms with E-state index in [4.69, 9.17) is 0 Å². The van der Waals surface area contributed by atoms with Gasteiger partial charge in [0.25, 0.3) is 0 Å². The van der Waals surface area contributed by atoms with Crippen LogP contribution in [0.2, 0.25) is 0 Å². The largest absolute Gasteiger partial charge is 0.416 e. The molecule has 1 atom stereocenters. The summed E-state index contributed by atoms with van der Waals surface area (Å²) in [4.78, 5) is 14.3. The highest BCUT2D eigenvalue weighted by Crippen LogP contribution is 2.36. The van der Waals surface area contributed by atoms with Crippen molar-refractivity contribution < 1.29 is 18.0 Å². The molecule has 24 heavy (non-hydrogen) atoms. The molecule has 1 aromatic carbocycles. The van der Waals surface area contributed by atoms with Gasteiger partial charge in [-0.3, -0.25) is 4.79 Å². The number of carbonyl (C=O) groups excluding carboxylic acids is 1. The van der Waals surface area contributed by atoms with Gasteiger partial charge in [0.05, 0.1) is 16.9 Å². The summed E-state index contributed by atoms with van der Waals surface area (Å²) >= 11 is 0. The number of nitrogens with zero attached hydrogens (tertiary/aromatic N) is 1. The minimum absolute atomic E-state index is 0.186. The Morgan fingerprint density at radius 1 is 1.25 bits per heavy atom. The molecule has 3 rings (SSSR count). The first-order valence-electron chi connectivity index (χ1n) is 8.36. The molecule has 1 aliphatic heterocycles. The lowest BCUT2D eigenvalue weighted by Gasteiger charge is -2.23. The summed E-state index contributed by atoms with van der Waals surface area (Å²) in [6.07, 6.45) is 3.85. The van der Waals surface area contributed by atoms with Crippen molar-refractivity contribution in [2.45, 2.75) is 38.3 Å². The maximum Gasteiger partial charge on any atom is 0.416 e. The third kappa shape index (κ3) is 3.91. The second-order valence-corrected chi connectivity index (χ2v) is 6.44. The van der Waals surface area contributed by atoms with Crippen molar-refractivity contribution in [3.8, 4) is 0 Å². The molecule has 0 saturated carbocycles. The van der Waals surface area contributed by atoms with Crippen molar-refractivity contribution in [1.29, 1.82) is 0 Å². The van der Waals surface area contributed by atoms with Crippen LogP contribution in [0, 0.1) is 5.92 Å². The zero-order valence-corrected chi connectivity index (χ0v) is 13.4. The Kier molecular flexibility index (Phi) is 4.83. The lowest BCUT2D eigenvalue weighted by Crippen LogP contribution is -2.22. The van der Waals surface area contributed by atoms with Crippen LogP contribution >= 0.6 is 0 Å². The van der Waals surface area contributed by atoms with E-state index in [-0.39, 0.29) is 17.5 Å². The van der Waals surface area contributed by atoms with Crippen LogP contribution in [0.3, 0.4) is 0 Å². The normalized spacial score (nSPS) is 20.6. The van der Waals surface area contributed by atoms with Crippen LogP contribution in [-0.2, 0) is 11.0 Å². The molecule has 0 spiro atoms. The summed E-state index contributed by atoms with van der Waals surface area (Å²) in [7, 11) is 0. The summed E-state index contributed by atoms with van der Waals surface area (Å²) in [5.41, 5.74) is 0.205. The number of amides is 1. The minimum atomic E-state index is -4.42. The summed E-state index contributed by atoms with van der Waals surface area (Å²) in [6.45, 7) is 1.61. The lowest BCUT2D eigenvalue weighted by atomic mass is 10.0. The molecule has 0 aromatic heterocycles. The van der Waals surface area contributed by atoms with Gasteiger partial charge in [-0.15, -0.1) is 0 Å². The van der Waals surface area contributed by atoms with Gasteiger partial charge in [0.15, 0.2) is 0 Å². The monoisotopic (exact) mass is 338 g/mol. The highest BCUT2D eigenvalue weighted by Gasteiger charge is 2.32. The summed E-state index contributed by atoms with van der Waals surface area (Å²) < 4.78 is 39.0. The van der Waals surface area contributed by atoms with Gasteiger partial charge in [-0.25, -0.2) is 0 Å². The van der Waals surface area contributed by atoms with Crippen molar-refractivity contribution >= 4 is 17.3 Å². The quantitative estimate of drug-likeness (QED) is 0.814. The fraction of sp³-hybridized carbons (Fsp3) is 0.500. The molecule has 3 nitrogen and oxygen atoms in total.